The number of pyridine rings is 1. The summed E-state index contributed by atoms with van der Waals surface area (Å²) in [5.74, 6) is 1.59. The van der Waals surface area contributed by atoms with Gasteiger partial charge in [0.2, 0.25) is 0 Å². The first-order chi connectivity index (χ1) is 5.25. The van der Waals surface area contributed by atoms with Crippen LogP contribution in [0.3, 0.4) is 0 Å². The SMILES string of the molecule is C#CC(=O)c1ncccc1Br. The zero-order valence-corrected chi connectivity index (χ0v) is 7.13. The largest absolute Gasteiger partial charge is 0.277 e. The molecule has 1 heterocycles. The summed E-state index contributed by atoms with van der Waals surface area (Å²) in [6.45, 7) is 0. The van der Waals surface area contributed by atoms with Gasteiger partial charge in [-0.15, -0.1) is 6.42 Å². The van der Waals surface area contributed by atoms with Gasteiger partial charge in [0.1, 0.15) is 5.69 Å². The lowest BCUT2D eigenvalue weighted by Crippen LogP contribution is -1.98. The number of nitrogens with zero attached hydrogens (tertiary/aromatic N) is 1. The third-order valence-electron chi connectivity index (χ3n) is 1.10. The van der Waals surface area contributed by atoms with Gasteiger partial charge >= 0.3 is 0 Å². The van der Waals surface area contributed by atoms with E-state index in [1.54, 1.807) is 12.1 Å². The topological polar surface area (TPSA) is 30.0 Å². The summed E-state index contributed by atoms with van der Waals surface area (Å²) in [5.41, 5.74) is 0.287. The van der Waals surface area contributed by atoms with Gasteiger partial charge in [0.05, 0.1) is 0 Å². The van der Waals surface area contributed by atoms with Crippen molar-refractivity contribution in [1.82, 2.24) is 4.98 Å². The van der Waals surface area contributed by atoms with Crippen molar-refractivity contribution in [2.45, 2.75) is 0 Å². The van der Waals surface area contributed by atoms with E-state index in [9.17, 15) is 4.79 Å². The van der Waals surface area contributed by atoms with E-state index in [0.29, 0.717) is 4.47 Å². The number of halogens is 1. The van der Waals surface area contributed by atoms with Crippen molar-refractivity contribution in [2.24, 2.45) is 0 Å². The molecule has 3 heteroatoms. The first-order valence-corrected chi connectivity index (χ1v) is 3.66. The molecule has 11 heavy (non-hydrogen) atoms. The van der Waals surface area contributed by atoms with Gasteiger partial charge < -0.3 is 0 Å². The van der Waals surface area contributed by atoms with Crippen molar-refractivity contribution < 1.29 is 4.79 Å². The number of hydrogen-bond donors (Lipinski definition) is 0. The molecule has 0 fully saturated rings. The third kappa shape index (κ3) is 1.66. The van der Waals surface area contributed by atoms with Crippen LogP contribution < -0.4 is 0 Å². The number of hydrogen-bond acceptors (Lipinski definition) is 2. The smallest absolute Gasteiger partial charge is 0.255 e. The lowest BCUT2D eigenvalue weighted by Gasteiger charge is -1.94. The van der Waals surface area contributed by atoms with Crippen molar-refractivity contribution in [1.29, 1.82) is 0 Å². The highest BCUT2D eigenvalue weighted by atomic mass is 79.9. The normalized spacial score (nSPS) is 8.73. The molecular weight excluding hydrogens is 206 g/mol. The number of Topliss-reactive ketones (excluding diaryl/α,β-unsaturated/α-hetero) is 1. The van der Waals surface area contributed by atoms with Crippen LogP contribution in [-0.4, -0.2) is 10.8 Å². The summed E-state index contributed by atoms with van der Waals surface area (Å²) in [6.07, 6.45) is 6.44. The maximum Gasteiger partial charge on any atom is 0.255 e. The van der Waals surface area contributed by atoms with Crippen LogP contribution >= 0.6 is 15.9 Å². The molecule has 1 aromatic rings. The molecule has 0 aliphatic rings. The average Bonchev–Trinajstić information content (AvgIpc) is 2.04. The Hall–Kier alpha value is -1.14. The molecule has 0 aliphatic carbocycles. The fraction of sp³-hybridized carbons (Fsp3) is 0. The van der Waals surface area contributed by atoms with E-state index < -0.39 is 5.78 Å². The summed E-state index contributed by atoms with van der Waals surface area (Å²) < 4.78 is 0.628. The van der Waals surface area contributed by atoms with Crippen molar-refractivity contribution in [3.8, 4) is 12.3 Å². The maximum absolute atomic E-state index is 10.9. The molecule has 0 aromatic carbocycles. The Morgan fingerprint density at radius 2 is 2.45 bits per heavy atom. The van der Waals surface area contributed by atoms with Gasteiger partial charge in [-0.3, -0.25) is 9.78 Å². The summed E-state index contributed by atoms with van der Waals surface area (Å²) in [6, 6.07) is 3.44. The van der Waals surface area contributed by atoms with Crippen LogP contribution in [0.2, 0.25) is 0 Å². The van der Waals surface area contributed by atoms with E-state index in [4.69, 9.17) is 6.42 Å². The molecule has 0 unspecified atom stereocenters. The van der Waals surface area contributed by atoms with E-state index in [-0.39, 0.29) is 5.69 Å². The number of carbonyl (C=O) groups is 1. The van der Waals surface area contributed by atoms with E-state index in [1.165, 1.54) is 6.20 Å². The van der Waals surface area contributed by atoms with Crippen molar-refractivity contribution in [3.05, 3.63) is 28.5 Å². The van der Waals surface area contributed by atoms with Crippen molar-refractivity contribution in [2.75, 3.05) is 0 Å². The first kappa shape index (κ1) is 7.96. The van der Waals surface area contributed by atoms with Crippen molar-refractivity contribution >= 4 is 21.7 Å². The fourth-order valence-corrected chi connectivity index (χ4v) is 1.06. The standard InChI is InChI=1S/C8H4BrNO/c1-2-7(11)8-6(9)4-3-5-10-8/h1,3-5H. The predicted molar refractivity (Wildman–Crippen MR) is 45.1 cm³/mol. The molecule has 1 rings (SSSR count). The van der Waals surface area contributed by atoms with Crippen LogP contribution in [0, 0.1) is 12.3 Å². The molecule has 0 aliphatic heterocycles. The van der Waals surface area contributed by atoms with Crippen LogP contribution in [0.25, 0.3) is 0 Å². The summed E-state index contributed by atoms with van der Waals surface area (Å²) in [4.78, 5) is 14.7. The molecule has 1 aromatic heterocycles. The Morgan fingerprint density at radius 3 is 3.00 bits per heavy atom. The van der Waals surface area contributed by atoms with Crippen molar-refractivity contribution in [3.63, 3.8) is 0 Å². The van der Waals surface area contributed by atoms with E-state index in [2.05, 4.69) is 20.9 Å². The molecule has 54 valence electrons. The highest BCUT2D eigenvalue weighted by Crippen LogP contribution is 2.12. The second kappa shape index (κ2) is 3.31. The summed E-state index contributed by atoms with van der Waals surface area (Å²) >= 11 is 3.16. The molecule has 0 spiro atoms. The molecule has 0 radical (unpaired) electrons. The van der Waals surface area contributed by atoms with Gasteiger partial charge in [0, 0.05) is 10.7 Å². The number of rotatable bonds is 1. The molecule has 0 saturated heterocycles. The monoisotopic (exact) mass is 209 g/mol. The lowest BCUT2D eigenvalue weighted by atomic mass is 10.2. The van der Waals surface area contributed by atoms with Gasteiger partial charge in [-0.25, -0.2) is 0 Å². The fourth-order valence-electron chi connectivity index (χ4n) is 0.621. The van der Waals surface area contributed by atoms with Crippen LogP contribution in [0.5, 0.6) is 0 Å². The van der Waals surface area contributed by atoms with E-state index in [1.807, 2.05) is 5.92 Å². The van der Waals surface area contributed by atoms with Crippen LogP contribution in [0.1, 0.15) is 10.5 Å². The Balaban J connectivity index is 3.16. The highest BCUT2D eigenvalue weighted by Gasteiger charge is 2.06. The minimum Gasteiger partial charge on any atom is -0.277 e. The first-order valence-electron chi connectivity index (χ1n) is 2.87. The van der Waals surface area contributed by atoms with Gasteiger partial charge in [-0.05, 0) is 34.0 Å². The quantitative estimate of drug-likeness (QED) is 0.400. The molecular formula is C8H4BrNO. The molecule has 0 amide bonds. The zero-order valence-electron chi connectivity index (χ0n) is 5.54. The Morgan fingerprint density at radius 1 is 1.73 bits per heavy atom. The highest BCUT2D eigenvalue weighted by molar-refractivity contribution is 9.10. The lowest BCUT2D eigenvalue weighted by molar-refractivity contribution is 0.105. The average molecular weight is 210 g/mol. The minimum atomic E-state index is -0.405. The molecule has 0 N–H and O–H groups in total. The van der Waals surface area contributed by atoms with E-state index in [0.717, 1.165) is 0 Å². The molecule has 0 bridgehead atoms. The number of aromatic nitrogens is 1. The van der Waals surface area contributed by atoms with Crippen LogP contribution in [0.4, 0.5) is 0 Å². The van der Waals surface area contributed by atoms with E-state index >= 15 is 0 Å². The Kier molecular flexibility index (Phi) is 2.40. The molecule has 0 saturated carbocycles. The molecule has 2 nitrogen and oxygen atoms in total. The van der Waals surface area contributed by atoms with Gasteiger partial charge in [-0.2, -0.15) is 0 Å². The van der Waals surface area contributed by atoms with Crippen LogP contribution in [-0.2, 0) is 0 Å². The van der Waals surface area contributed by atoms with Crippen LogP contribution in [0.15, 0.2) is 22.8 Å². The summed E-state index contributed by atoms with van der Waals surface area (Å²) in [5, 5.41) is 0. The Labute approximate surface area is 72.8 Å². The second-order valence-corrected chi connectivity index (χ2v) is 2.66. The maximum atomic E-state index is 10.9. The minimum absolute atomic E-state index is 0.287. The Bertz CT molecular complexity index is 327. The number of terminal acetylenes is 1. The van der Waals surface area contributed by atoms with Gasteiger partial charge in [0.15, 0.2) is 0 Å². The number of carbonyl (C=O) groups excluding carboxylic acids is 1. The molecule has 0 atom stereocenters. The van der Waals surface area contributed by atoms with Gasteiger partial charge in [0.25, 0.3) is 5.78 Å². The summed E-state index contributed by atoms with van der Waals surface area (Å²) in [7, 11) is 0. The number of ketones is 1. The zero-order chi connectivity index (χ0) is 8.27. The second-order valence-electron chi connectivity index (χ2n) is 1.81. The predicted octanol–water partition coefficient (Wildman–Crippen LogP) is 1.66. The third-order valence-corrected chi connectivity index (χ3v) is 1.74. The van der Waals surface area contributed by atoms with Gasteiger partial charge in [-0.1, -0.05) is 0 Å².